The van der Waals surface area contributed by atoms with Crippen LogP contribution in [-0.2, 0) is 22.6 Å². The second-order valence-corrected chi connectivity index (χ2v) is 7.66. The Morgan fingerprint density at radius 3 is 2.74 bits per heavy atom. The molecule has 0 aliphatic carbocycles. The van der Waals surface area contributed by atoms with Crippen molar-refractivity contribution >= 4 is 29.0 Å². The third-order valence-corrected chi connectivity index (χ3v) is 5.03. The van der Waals surface area contributed by atoms with E-state index in [0.717, 1.165) is 5.56 Å². The van der Waals surface area contributed by atoms with Crippen molar-refractivity contribution in [2.24, 2.45) is 0 Å². The summed E-state index contributed by atoms with van der Waals surface area (Å²) in [6.45, 7) is 2.80. The van der Waals surface area contributed by atoms with Gasteiger partial charge in [0.15, 0.2) is 13.2 Å². The molecule has 5 nitrogen and oxygen atoms in total. The highest BCUT2D eigenvalue weighted by molar-refractivity contribution is 6.35. The van der Waals surface area contributed by atoms with E-state index in [4.69, 9.17) is 32.7 Å². The van der Waals surface area contributed by atoms with Crippen molar-refractivity contribution in [1.82, 2.24) is 4.57 Å². The fraction of sp³-hybridized carbons (Fsp3) is 0.250. The van der Waals surface area contributed by atoms with Crippen LogP contribution in [0.25, 0.3) is 0 Å². The van der Waals surface area contributed by atoms with E-state index in [9.17, 15) is 4.79 Å². The Balaban J connectivity index is 1.62. The second kappa shape index (κ2) is 11.6. The van der Waals surface area contributed by atoms with Crippen LogP contribution in [0.3, 0.4) is 0 Å². The minimum Gasteiger partial charge on any atom is -0.486 e. The molecule has 0 amide bonds. The van der Waals surface area contributed by atoms with Crippen LogP contribution in [0, 0.1) is 11.8 Å². The highest BCUT2D eigenvalue weighted by atomic mass is 35.5. The number of nitrogens with zero attached hydrogens (tertiary/aromatic N) is 2. The molecule has 31 heavy (non-hydrogen) atoms. The van der Waals surface area contributed by atoms with Crippen LogP contribution in [0.1, 0.15) is 18.6 Å². The zero-order valence-corrected chi connectivity index (χ0v) is 18.6. The Kier molecular flexibility index (Phi) is 8.54. The first kappa shape index (κ1) is 22.9. The number of ketones is 1. The summed E-state index contributed by atoms with van der Waals surface area (Å²) in [5.41, 5.74) is 0.830. The molecule has 0 fully saturated rings. The maximum absolute atomic E-state index is 12.3. The average molecular weight is 458 g/mol. The molecule has 7 heteroatoms. The third kappa shape index (κ3) is 7.15. The van der Waals surface area contributed by atoms with Gasteiger partial charge in [-0.25, -0.2) is 9.13 Å². The predicted octanol–water partition coefficient (Wildman–Crippen LogP) is 4.51. The molecule has 1 aromatic heterocycles. The molecule has 0 saturated carbocycles. The minimum atomic E-state index is -0.316. The van der Waals surface area contributed by atoms with Crippen molar-refractivity contribution in [3.8, 4) is 17.6 Å². The fourth-order valence-electron chi connectivity index (χ4n) is 2.98. The van der Waals surface area contributed by atoms with Gasteiger partial charge >= 0.3 is 0 Å². The number of carbonyl (C=O) groups excluding carboxylic acids is 1. The van der Waals surface area contributed by atoms with Gasteiger partial charge in [0.05, 0.1) is 0 Å². The molecule has 3 rings (SSSR count). The highest BCUT2D eigenvalue weighted by Gasteiger charge is 2.20. The van der Waals surface area contributed by atoms with E-state index in [-0.39, 0.29) is 31.6 Å². The smallest absolute Gasteiger partial charge is 0.244 e. The Morgan fingerprint density at radius 2 is 2.00 bits per heavy atom. The normalized spacial score (nSPS) is 11.5. The Bertz CT molecular complexity index is 1070. The molecule has 3 aromatic rings. The number of carbonyl (C=O) groups is 1. The van der Waals surface area contributed by atoms with Gasteiger partial charge in [-0.1, -0.05) is 53.4 Å². The lowest BCUT2D eigenvalue weighted by Gasteiger charge is -2.16. The average Bonchev–Trinajstić information content (AvgIpc) is 3.19. The Labute approximate surface area is 192 Å². The SMILES string of the molecule is CC#CCOC(Cn1cc[n+](CC(=O)COc2ccccc2)c1)c1ccc(Cl)cc1Cl. The van der Waals surface area contributed by atoms with Gasteiger partial charge in [-0.15, -0.1) is 5.92 Å². The van der Waals surface area contributed by atoms with Crippen LogP contribution < -0.4 is 9.30 Å². The number of Topliss-reactive ketones (excluding diaryl/α,β-unsaturated/α-hetero) is 1. The zero-order valence-electron chi connectivity index (χ0n) is 17.1. The van der Waals surface area contributed by atoms with Crippen molar-refractivity contribution in [1.29, 1.82) is 0 Å². The summed E-state index contributed by atoms with van der Waals surface area (Å²) in [6, 6.07) is 14.6. The number of aromatic nitrogens is 2. The van der Waals surface area contributed by atoms with Gasteiger partial charge < -0.3 is 9.47 Å². The van der Waals surface area contributed by atoms with Crippen molar-refractivity contribution < 1.29 is 18.8 Å². The predicted molar refractivity (Wildman–Crippen MR) is 120 cm³/mol. The first-order chi connectivity index (χ1) is 15.0. The first-order valence-corrected chi connectivity index (χ1v) is 10.5. The molecular formula is C24H23Cl2N2O3+. The van der Waals surface area contributed by atoms with Crippen LogP contribution in [0.4, 0.5) is 0 Å². The monoisotopic (exact) mass is 457 g/mol. The van der Waals surface area contributed by atoms with Crippen molar-refractivity contribution in [3.05, 3.63) is 82.9 Å². The summed E-state index contributed by atoms with van der Waals surface area (Å²) < 4.78 is 15.2. The van der Waals surface area contributed by atoms with Crippen LogP contribution in [0.15, 0.2) is 67.3 Å². The minimum absolute atomic E-state index is 0.0179. The number of halogens is 2. The lowest BCUT2D eigenvalue weighted by molar-refractivity contribution is -0.683. The summed E-state index contributed by atoms with van der Waals surface area (Å²) in [7, 11) is 0. The molecule has 1 atom stereocenters. The fourth-order valence-corrected chi connectivity index (χ4v) is 3.51. The summed E-state index contributed by atoms with van der Waals surface area (Å²) in [5, 5.41) is 1.10. The Hall–Kier alpha value is -2.78. The number of hydrogen-bond acceptors (Lipinski definition) is 3. The lowest BCUT2D eigenvalue weighted by atomic mass is 10.1. The van der Waals surface area contributed by atoms with E-state index in [2.05, 4.69) is 11.8 Å². The van der Waals surface area contributed by atoms with Crippen LogP contribution in [0.2, 0.25) is 10.0 Å². The van der Waals surface area contributed by atoms with Gasteiger partial charge in [-0.05, 0) is 31.2 Å². The second-order valence-electron chi connectivity index (χ2n) is 6.82. The van der Waals surface area contributed by atoms with E-state index in [0.29, 0.717) is 22.3 Å². The van der Waals surface area contributed by atoms with Crippen molar-refractivity contribution in [2.45, 2.75) is 26.1 Å². The molecule has 1 heterocycles. The third-order valence-electron chi connectivity index (χ3n) is 4.47. The molecular weight excluding hydrogens is 435 g/mol. The van der Waals surface area contributed by atoms with Gasteiger partial charge in [0.1, 0.15) is 37.4 Å². The largest absolute Gasteiger partial charge is 0.486 e. The molecule has 0 saturated heterocycles. The van der Waals surface area contributed by atoms with Gasteiger partial charge in [0, 0.05) is 15.6 Å². The molecule has 0 aliphatic rings. The quantitative estimate of drug-likeness (QED) is 0.332. The van der Waals surface area contributed by atoms with E-state index in [1.165, 1.54) is 0 Å². The summed E-state index contributed by atoms with van der Waals surface area (Å²) in [5.74, 6) is 6.38. The van der Waals surface area contributed by atoms with Gasteiger partial charge in [0.25, 0.3) is 0 Å². The highest BCUT2D eigenvalue weighted by Crippen LogP contribution is 2.29. The zero-order chi connectivity index (χ0) is 22.1. The van der Waals surface area contributed by atoms with Crippen LogP contribution in [-0.4, -0.2) is 23.6 Å². The number of hydrogen-bond donors (Lipinski definition) is 0. The number of imidazole rings is 1. The van der Waals surface area contributed by atoms with E-state index >= 15 is 0 Å². The van der Waals surface area contributed by atoms with E-state index < -0.39 is 0 Å². The topological polar surface area (TPSA) is 44.3 Å². The van der Waals surface area contributed by atoms with Crippen molar-refractivity contribution in [2.75, 3.05) is 13.2 Å². The maximum Gasteiger partial charge on any atom is 0.244 e. The number of rotatable bonds is 10. The number of ether oxygens (including phenoxy) is 2. The van der Waals surface area contributed by atoms with Gasteiger partial charge in [-0.3, -0.25) is 4.79 Å². The van der Waals surface area contributed by atoms with E-state index in [1.54, 1.807) is 19.1 Å². The molecule has 1 unspecified atom stereocenters. The number of benzene rings is 2. The van der Waals surface area contributed by atoms with Crippen LogP contribution in [0.5, 0.6) is 5.75 Å². The standard InChI is InChI=1S/C24H23Cl2N2O3/c1-2-3-13-30-24(22-10-9-19(25)14-23(22)26)16-28-12-11-27(18-28)15-20(29)17-31-21-7-5-4-6-8-21/h4-12,14,18,24H,13,15-17H2,1H3/q+1. The van der Waals surface area contributed by atoms with Crippen LogP contribution >= 0.6 is 23.2 Å². The Morgan fingerprint density at radius 1 is 1.19 bits per heavy atom. The molecule has 160 valence electrons. The molecule has 0 radical (unpaired) electrons. The molecule has 0 bridgehead atoms. The molecule has 0 N–H and O–H groups in total. The molecule has 0 aliphatic heterocycles. The molecule has 0 spiro atoms. The maximum atomic E-state index is 12.3. The van der Waals surface area contributed by atoms with E-state index in [1.807, 2.05) is 64.3 Å². The number of para-hydroxylation sites is 1. The summed E-state index contributed by atoms with van der Waals surface area (Å²) in [6.07, 6.45) is 5.26. The summed E-state index contributed by atoms with van der Waals surface area (Å²) >= 11 is 12.4. The van der Waals surface area contributed by atoms with Gasteiger partial charge in [0.2, 0.25) is 12.1 Å². The van der Waals surface area contributed by atoms with Crippen molar-refractivity contribution in [3.63, 3.8) is 0 Å². The molecule has 2 aromatic carbocycles. The summed E-state index contributed by atoms with van der Waals surface area (Å²) in [4.78, 5) is 12.3. The van der Waals surface area contributed by atoms with Gasteiger partial charge in [-0.2, -0.15) is 0 Å². The lowest BCUT2D eigenvalue weighted by Crippen LogP contribution is -2.37. The first-order valence-electron chi connectivity index (χ1n) is 9.75.